The molecule has 4 atom stereocenters. The van der Waals surface area contributed by atoms with Crippen molar-refractivity contribution in [2.24, 2.45) is 11.8 Å². The minimum absolute atomic E-state index is 0.478. The minimum atomic E-state index is 0.478. The Labute approximate surface area is 70.1 Å². The summed E-state index contributed by atoms with van der Waals surface area (Å²) in [6.07, 6.45) is 3.38. The highest BCUT2D eigenvalue weighted by Gasteiger charge is 2.29. The van der Waals surface area contributed by atoms with Gasteiger partial charge in [-0.1, -0.05) is 20.8 Å². The molecular weight excluding hydrogens is 136 g/mol. The maximum atomic E-state index is 5.82. The summed E-state index contributed by atoms with van der Waals surface area (Å²) < 4.78 is 5.82. The van der Waals surface area contributed by atoms with Crippen LogP contribution in [0.25, 0.3) is 0 Å². The van der Waals surface area contributed by atoms with Gasteiger partial charge < -0.3 is 4.74 Å². The number of hydrogen-bond acceptors (Lipinski definition) is 1. The monoisotopic (exact) mass is 156 g/mol. The first-order chi connectivity index (χ1) is 5.15. The van der Waals surface area contributed by atoms with Crippen LogP contribution in [-0.4, -0.2) is 12.2 Å². The average molecular weight is 156 g/mol. The van der Waals surface area contributed by atoms with Crippen molar-refractivity contribution in [3.05, 3.63) is 0 Å². The van der Waals surface area contributed by atoms with Crippen molar-refractivity contribution in [2.75, 3.05) is 0 Å². The van der Waals surface area contributed by atoms with Gasteiger partial charge in [-0.05, 0) is 31.6 Å². The fourth-order valence-electron chi connectivity index (χ4n) is 2.05. The molecule has 3 unspecified atom stereocenters. The molecule has 1 heterocycles. The Balaban J connectivity index is 2.51. The van der Waals surface area contributed by atoms with E-state index in [1.165, 1.54) is 6.42 Å². The van der Waals surface area contributed by atoms with Crippen LogP contribution in [0, 0.1) is 11.8 Å². The lowest BCUT2D eigenvalue weighted by atomic mass is 9.83. The van der Waals surface area contributed by atoms with Crippen molar-refractivity contribution in [1.82, 2.24) is 0 Å². The fraction of sp³-hybridized carbons (Fsp3) is 1.00. The molecule has 0 spiro atoms. The molecule has 0 aliphatic carbocycles. The van der Waals surface area contributed by atoms with Gasteiger partial charge in [-0.2, -0.15) is 0 Å². The van der Waals surface area contributed by atoms with Crippen molar-refractivity contribution in [1.29, 1.82) is 0 Å². The molecule has 1 fully saturated rings. The summed E-state index contributed by atoms with van der Waals surface area (Å²) in [6, 6.07) is 0. The molecule has 1 aliphatic heterocycles. The zero-order chi connectivity index (χ0) is 8.43. The summed E-state index contributed by atoms with van der Waals surface area (Å²) in [5.74, 6) is 1.58. The summed E-state index contributed by atoms with van der Waals surface area (Å²) in [5.41, 5.74) is 0. The van der Waals surface area contributed by atoms with Crippen molar-refractivity contribution >= 4 is 0 Å². The Kier molecular flexibility index (Phi) is 2.94. The molecule has 0 aromatic heterocycles. The summed E-state index contributed by atoms with van der Waals surface area (Å²) in [6.45, 7) is 9.05. The fourth-order valence-corrected chi connectivity index (χ4v) is 2.05. The normalized spacial score (nSPS) is 45.8. The Morgan fingerprint density at radius 2 is 1.91 bits per heavy atom. The summed E-state index contributed by atoms with van der Waals surface area (Å²) in [5, 5.41) is 0. The zero-order valence-electron chi connectivity index (χ0n) is 8.13. The van der Waals surface area contributed by atoms with Gasteiger partial charge in [-0.25, -0.2) is 0 Å². The van der Waals surface area contributed by atoms with Crippen LogP contribution >= 0.6 is 0 Å². The second-order valence-corrected chi connectivity index (χ2v) is 3.97. The van der Waals surface area contributed by atoms with Crippen molar-refractivity contribution in [2.45, 2.75) is 52.7 Å². The average Bonchev–Trinajstić information content (AvgIpc) is 1.96. The molecule has 1 rings (SSSR count). The van der Waals surface area contributed by atoms with Gasteiger partial charge in [-0.3, -0.25) is 0 Å². The lowest BCUT2D eigenvalue weighted by Crippen LogP contribution is -2.37. The van der Waals surface area contributed by atoms with E-state index in [0.717, 1.165) is 18.3 Å². The van der Waals surface area contributed by atoms with E-state index in [1.807, 2.05) is 0 Å². The quantitative estimate of drug-likeness (QED) is 0.567. The molecule has 0 radical (unpaired) electrons. The van der Waals surface area contributed by atoms with E-state index < -0.39 is 0 Å². The topological polar surface area (TPSA) is 9.23 Å². The van der Waals surface area contributed by atoms with Gasteiger partial charge in [0.05, 0.1) is 12.2 Å². The van der Waals surface area contributed by atoms with Gasteiger partial charge in [0.1, 0.15) is 0 Å². The Bertz CT molecular complexity index is 122. The summed E-state index contributed by atoms with van der Waals surface area (Å²) in [4.78, 5) is 0. The molecule has 1 aliphatic rings. The molecule has 0 amide bonds. The maximum Gasteiger partial charge on any atom is 0.0604 e. The molecule has 1 nitrogen and oxygen atoms in total. The molecule has 0 aromatic carbocycles. The molecule has 0 aromatic rings. The smallest absolute Gasteiger partial charge is 0.0604 e. The van der Waals surface area contributed by atoms with Crippen LogP contribution in [0.5, 0.6) is 0 Å². The van der Waals surface area contributed by atoms with Crippen molar-refractivity contribution < 1.29 is 4.74 Å². The van der Waals surface area contributed by atoms with Gasteiger partial charge in [0.15, 0.2) is 0 Å². The third kappa shape index (κ3) is 1.96. The lowest BCUT2D eigenvalue weighted by Gasteiger charge is -2.37. The Morgan fingerprint density at radius 3 is 2.45 bits per heavy atom. The predicted octanol–water partition coefficient (Wildman–Crippen LogP) is 2.85. The molecule has 0 N–H and O–H groups in total. The molecule has 1 saturated heterocycles. The van der Waals surface area contributed by atoms with Crippen molar-refractivity contribution in [3.8, 4) is 0 Å². The zero-order valence-corrected chi connectivity index (χ0v) is 8.13. The van der Waals surface area contributed by atoms with Crippen LogP contribution in [-0.2, 0) is 4.74 Å². The number of ether oxygens (including phenoxy) is 1. The maximum absolute atomic E-state index is 5.82. The van der Waals surface area contributed by atoms with E-state index in [2.05, 4.69) is 27.7 Å². The predicted molar refractivity (Wildman–Crippen MR) is 47.6 cm³/mol. The van der Waals surface area contributed by atoms with Crippen LogP contribution < -0.4 is 0 Å². The van der Waals surface area contributed by atoms with Crippen molar-refractivity contribution in [3.63, 3.8) is 0 Å². The molecule has 0 saturated carbocycles. The molecule has 0 bridgehead atoms. The first-order valence-corrected chi connectivity index (χ1v) is 4.80. The minimum Gasteiger partial charge on any atom is -0.375 e. The highest BCUT2D eigenvalue weighted by molar-refractivity contribution is 4.78. The van der Waals surface area contributed by atoms with E-state index in [9.17, 15) is 0 Å². The second-order valence-electron chi connectivity index (χ2n) is 3.97. The van der Waals surface area contributed by atoms with Gasteiger partial charge in [0, 0.05) is 0 Å². The van der Waals surface area contributed by atoms with Crippen LogP contribution in [0.15, 0.2) is 0 Å². The van der Waals surface area contributed by atoms with E-state index in [0.29, 0.717) is 12.2 Å². The third-order valence-electron chi connectivity index (χ3n) is 3.00. The second kappa shape index (κ2) is 3.57. The van der Waals surface area contributed by atoms with Gasteiger partial charge >= 0.3 is 0 Å². The first kappa shape index (κ1) is 9.05. The highest BCUT2D eigenvalue weighted by atomic mass is 16.5. The molecular formula is C10H20O. The van der Waals surface area contributed by atoms with Crippen LogP contribution in [0.3, 0.4) is 0 Å². The van der Waals surface area contributed by atoms with Crippen LogP contribution in [0.1, 0.15) is 40.5 Å². The number of hydrogen-bond donors (Lipinski definition) is 0. The Hall–Kier alpha value is -0.0400. The highest BCUT2D eigenvalue weighted by Crippen LogP contribution is 2.31. The molecule has 11 heavy (non-hydrogen) atoms. The van der Waals surface area contributed by atoms with E-state index in [1.54, 1.807) is 0 Å². The van der Waals surface area contributed by atoms with Gasteiger partial charge in [-0.15, -0.1) is 0 Å². The Morgan fingerprint density at radius 1 is 1.27 bits per heavy atom. The molecule has 1 heteroatoms. The third-order valence-corrected chi connectivity index (χ3v) is 3.00. The summed E-state index contributed by atoms with van der Waals surface area (Å²) >= 11 is 0. The molecule has 66 valence electrons. The van der Waals surface area contributed by atoms with Gasteiger partial charge in [0.25, 0.3) is 0 Å². The lowest BCUT2D eigenvalue weighted by molar-refractivity contribution is -0.0935. The largest absolute Gasteiger partial charge is 0.375 e. The van der Waals surface area contributed by atoms with E-state index in [-0.39, 0.29) is 0 Å². The summed E-state index contributed by atoms with van der Waals surface area (Å²) in [7, 11) is 0. The van der Waals surface area contributed by atoms with E-state index >= 15 is 0 Å². The van der Waals surface area contributed by atoms with E-state index in [4.69, 9.17) is 4.74 Å². The van der Waals surface area contributed by atoms with Crippen LogP contribution in [0.2, 0.25) is 0 Å². The first-order valence-electron chi connectivity index (χ1n) is 4.80. The van der Waals surface area contributed by atoms with Gasteiger partial charge in [0.2, 0.25) is 0 Å². The van der Waals surface area contributed by atoms with Crippen LogP contribution in [0.4, 0.5) is 0 Å². The SMILES string of the molecule is CCC1OC(C)CC(C)[C@@H]1C. The number of rotatable bonds is 1. The standard InChI is InChI=1S/C10H20O/c1-5-10-9(4)7(2)6-8(3)11-10/h7-10H,5-6H2,1-4H3/t7?,8?,9-,10?/m0/s1.